The molecule has 0 aliphatic heterocycles. The van der Waals surface area contributed by atoms with Gasteiger partial charge in [-0.2, -0.15) is 18.4 Å². The fourth-order valence-electron chi connectivity index (χ4n) is 1.03. The predicted octanol–water partition coefficient (Wildman–Crippen LogP) is 3.75. The largest absolute Gasteiger partial charge is 0.446 e. The van der Waals surface area contributed by atoms with Crippen molar-refractivity contribution in [1.82, 2.24) is 0 Å². The molecule has 1 rings (SSSR count). The molecular weight excluding hydrogens is 334 g/mol. The van der Waals surface area contributed by atoms with Gasteiger partial charge in [0.05, 0.1) is 10.6 Å². The minimum atomic E-state index is -4.63. The average Bonchev–Trinajstić information content (AvgIpc) is 2.16. The van der Waals surface area contributed by atoms with Crippen LogP contribution in [0, 0.1) is 11.3 Å². The quantitative estimate of drug-likeness (QED) is 0.610. The highest BCUT2D eigenvalue weighted by molar-refractivity contribution is 8.13. The predicted molar refractivity (Wildman–Crippen MR) is 61.1 cm³/mol. The van der Waals surface area contributed by atoms with E-state index in [0.717, 1.165) is 6.07 Å². The summed E-state index contributed by atoms with van der Waals surface area (Å²) in [6.07, 6.45) is 0. The Morgan fingerprint density at radius 2 is 1.89 bits per heavy atom. The smallest absolute Gasteiger partial charge is 0.207 e. The van der Waals surface area contributed by atoms with E-state index in [0.29, 0.717) is 6.07 Å². The summed E-state index contributed by atoms with van der Waals surface area (Å²) in [5, 5.41) is 8.29. The van der Waals surface area contributed by atoms with Crippen LogP contribution in [0.3, 0.4) is 0 Å². The molecule has 0 amide bonds. The summed E-state index contributed by atoms with van der Waals surface area (Å²) in [6, 6.07) is 2.95. The molecule has 0 radical (unpaired) electrons. The topological polar surface area (TPSA) is 57.9 Å². The Labute approximate surface area is 114 Å². The van der Waals surface area contributed by atoms with Gasteiger partial charge in [0, 0.05) is 15.6 Å². The molecule has 3 nitrogen and oxygen atoms in total. The van der Waals surface area contributed by atoms with Crippen LogP contribution in [0.25, 0.3) is 0 Å². The molecule has 98 valence electrons. The Kier molecular flexibility index (Phi) is 4.43. The van der Waals surface area contributed by atoms with E-state index < -0.39 is 41.7 Å². The first-order valence-corrected chi connectivity index (χ1v) is 7.49. The van der Waals surface area contributed by atoms with E-state index in [1.165, 1.54) is 6.07 Å². The second-order valence-electron chi connectivity index (χ2n) is 2.88. The van der Waals surface area contributed by atoms with Crippen LogP contribution in [0.2, 0.25) is 5.02 Å². The summed E-state index contributed by atoms with van der Waals surface area (Å²) in [7, 11) is 0.696. The fourth-order valence-corrected chi connectivity index (χ4v) is 2.97. The summed E-state index contributed by atoms with van der Waals surface area (Å²) in [4.78, 5) is -1.25. The van der Waals surface area contributed by atoms with Crippen molar-refractivity contribution in [3.05, 3.63) is 22.7 Å². The first kappa shape index (κ1) is 15.4. The molecule has 0 unspecified atom stereocenters. The van der Waals surface area contributed by atoms with Gasteiger partial charge < -0.3 is 0 Å². The van der Waals surface area contributed by atoms with Crippen molar-refractivity contribution in [3.8, 4) is 6.07 Å². The van der Waals surface area contributed by atoms with Gasteiger partial charge in [-0.25, -0.2) is 8.42 Å². The van der Waals surface area contributed by atoms with Gasteiger partial charge in [0.2, 0.25) is 0 Å². The van der Waals surface area contributed by atoms with Crippen LogP contribution in [0.1, 0.15) is 5.56 Å². The summed E-state index contributed by atoms with van der Waals surface area (Å²) < 4.78 is 58.8. The highest BCUT2D eigenvalue weighted by Crippen LogP contribution is 2.42. The van der Waals surface area contributed by atoms with Crippen molar-refractivity contribution in [1.29, 1.82) is 5.26 Å². The lowest BCUT2D eigenvalue weighted by Crippen LogP contribution is -2.02. The third-order valence-electron chi connectivity index (χ3n) is 1.64. The summed E-state index contributed by atoms with van der Waals surface area (Å²) in [6.45, 7) is 0. The number of halogens is 5. The van der Waals surface area contributed by atoms with E-state index in [4.69, 9.17) is 27.5 Å². The van der Waals surface area contributed by atoms with E-state index >= 15 is 0 Å². The number of hydrogen-bond donors (Lipinski definition) is 0. The molecule has 0 aromatic heterocycles. The zero-order valence-electron chi connectivity index (χ0n) is 8.12. The number of hydrogen-bond acceptors (Lipinski definition) is 4. The van der Waals surface area contributed by atoms with Gasteiger partial charge in [-0.3, -0.25) is 0 Å². The molecule has 0 bridgehead atoms. The number of benzene rings is 1. The van der Waals surface area contributed by atoms with Crippen molar-refractivity contribution in [3.63, 3.8) is 0 Å². The van der Waals surface area contributed by atoms with Gasteiger partial charge in [0.25, 0.3) is 9.05 Å². The van der Waals surface area contributed by atoms with Crippen molar-refractivity contribution >= 4 is 43.1 Å². The maximum atomic E-state index is 12.2. The van der Waals surface area contributed by atoms with Crippen molar-refractivity contribution in [2.45, 2.75) is 15.3 Å². The van der Waals surface area contributed by atoms with Gasteiger partial charge in [-0.05, 0) is 23.9 Å². The highest BCUT2D eigenvalue weighted by Gasteiger charge is 2.31. The minimum Gasteiger partial charge on any atom is -0.207 e. The molecule has 0 N–H and O–H groups in total. The standard InChI is InChI=1S/C8H2Cl2F3NO2S2/c9-5-1-4(3-14)7(18(10,15)16)2-6(5)17-8(11,12)13/h1-2H. The molecule has 1 aromatic rings. The molecule has 0 heterocycles. The van der Waals surface area contributed by atoms with E-state index in [1.807, 2.05) is 0 Å². The third kappa shape index (κ3) is 3.95. The van der Waals surface area contributed by atoms with Crippen LogP contribution < -0.4 is 0 Å². The fraction of sp³-hybridized carbons (Fsp3) is 0.125. The monoisotopic (exact) mass is 335 g/mol. The molecule has 0 saturated heterocycles. The maximum Gasteiger partial charge on any atom is 0.446 e. The molecule has 18 heavy (non-hydrogen) atoms. The minimum absolute atomic E-state index is 0.377. The number of rotatable bonds is 2. The van der Waals surface area contributed by atoms with Crippen LogP contribution >= 0.6 is 34.0 Å². The lowest BCUT2D eigenvalue weighted by atomic mass is 10.2. The third-order valence-corrected chi connectivity index (χ3v) is 4.22. The summed E-state index contributed by atoms with van der Waals surface area (Å²) in [5.41, 5.74) is -5.05. The Morgan fingerprint density at radius 3 is 2.28 bits per heavy atom. The van der Waals surface area contributed by atoms with Gasteiger partial charge in [-0.15, -0.1) is 0 Å². The lowest BCUT2D eigenvalue weighted by Gasteiger charge is -2.09. The van der Waals surface area contributed by atoms with E-state index in [-0.39, 0.29) is 5.02 Å². The van der Waals surface area contributed by atoms with Crippen molar-refractivity contribution in [2.24, 2.45) is 0 Å². The molecule has 0 aliphatic rings. The second kappa shape index (κ2) is 5.17. The molecule has 0 saturated carbocycles. The Morgan fingerprint density at radius 1 is 1.33 bits per heavy atom. The summed E-state index contributed by atoms with van der Waals surface area (Å²) >= 11 is 4.94. The number of nitrogens with zero attached hydrogens (tertiary/aromatic N) is 1. The number of nitriles is 1. The first-order chi connectivity index (χ1) is 8.04. The molecular formula is C8H2Cl2F3NO2S2. The Balaban J connectivity index is 3.46. The molecule has 0 aliphatic carbocycles. The second-order valence-corrected chi connectivity index (χ2v) is 6.92. The van der Waals surface area contributed by atoms with Crippen LogP contribution in [0.5, 0.6) is 0 Å². The van der Waals surface area contributed by atoms with Gasteiger partial charge in [-0.1, -0.05) is 11.6 Å². The maximum absolute atomic E-state index is 12.2. The zero-order chi connectivity index (χ0) is 14.1. The van der Waals surface area contributed by atoms with Crippen LogP contribution in [0.15, 0.2) is 21.9 Å². The first-order valence-electron chi connectivity index (χ1n) is 3.98. The highest BCUT2D eigenvalue weighted by atomic mass is 35.7. The van der Waals surface area contributed by atoms with E-state index in [2.05, 4.69) is 0 Å². The van der Waals surface area contributed by atoms with Gasteiger partial charge in [0.15, 0.2) is 0 Å². The van der Waals surface area contributed by atoms with Crippen LogP contribution in [-0.2, 0) is 9.05 Å². The van der Waals surface area contributed by atoms with Gasteiger partial charge >= 0.3 is 5.51 Å². The number of thioether (sulfide) groups is 1. The molecule has 0 spiro atoms. The SMILES string of the molecule is N#Cc1cc(Cl)c(SC(F)(F)F)cc1S(=O)(=O)Cl. The average molecular weight is 336 g/mol. The molecule has 0 atom stereocenters. The molecule has 0 fully saturated rings. The van der Waals surface area contributed by atoms with E-state index in [1.54, 1.807) is 0 Å². The van der Waals surface area contributed by atoms with Crippen molar-refractivity contribution < 1.29 is 21.6 Å². The van der Waals surface area contributed by atoms with Crippen LogP contribution in [-0.4, -0.2) is 13.9 Å². The molecule has 10 heteroatoms. The summed E-state index contributed by atoms with van der Waals surface area (Å²) in [5.74, 6) is 0. The Bertz CT molecular complexity index is 622. The van der Waals surface area contributed by atoms with Crippen molar-refractivity contribution in [2.75, 3.05) is 0 Å². The normalized spacial score (nSPS) is 12.2. The van der Waals surface area contributed by atoms with Gasteiger partial charge in [0.1, 0.15) is 11.0 Å². The number of alkyl halides is 3. The Hall–Kier alpha value is -0.620. The zero-order valence-corrected chi connectivity index (χ0v) is 11.3. The lowest BCUT2D eigenvalue weighted by molar-refractivity contribution is -0.0328. The molecule has 1 aromatic carbocycles. The van der Waals surface area contributed by atoms with Crippen LogP contribution in [0.4, 0.5) is 13.2 Å². The van der Waals surface area contributed by atoms with E-state index in [9.17, 15) is 21.6 Å².